The average molecular weight is 324 g/mol. The highest BCUT2D eigenvalue weighted by Gasteiger charge is 2.28. The highest BCUT2D eigenvalue weighted by atomic mass is 16.5. The van der Waals surface area contributed by atoms with Gasteiger partial charge in [0.1, 0.15) is 5.75 Å². The lowest BCUT2D eigenvalue weighted by atomic mass is 10.1. The molecule has 124 valence electrons. The van der Waals surface area contributed by atoms with Gasteiger partial charge in [0.15, 0.2) is 0 Å². The van der Waals surface area contributed by atoms with Gasteiger partial charge in [0.2, 0.25) is 11.8 Å². The van der Waals surface area contributed by atoms with Crippen molar-refractivity contribution in [2.45, 2.75) is 13.3 Å². The monoisotopic (exact) mass is 324 g/mol. The largest absolute Gasteiger partial charge is 0.497 e. The summed E-state index contributed by atoms with van der Waals surface area (Å²) in [6.45, 7) is 2.20. The molecule has 0 spiro atoms. The summed E-state index contributed by atoms with van der Waals surface area (Å²) in [6, 6.07) is 14.8. The third-order valence-corrected chi connectivity index (χ3v) is 4.17. The van der Waals surface area contributed by atoms with Crippen molar-refractivity contribution in [3.8, 4) is 5.75 Å². The number of rotatable bonds is 3. The van der Waals surface area contributed by atoms with Gasteiger partial charge in [0, 0.05) is 6.54 Å². The van der Waals surface area contributed by atoms with Crippen LogP contribution in [-0.4, -0.2) is 25.5 Å². The van der Waals surface area contributed by atoms with E-state index >= 15 is 0 Å². The van der Waals surface area contributed by atoms with E-state index in [2.05, 4.69) is 5.32 Å². The van der Waals surface area contributed by atoms with E-state index in [1.807, 2.05) is 55.5 Å². The van der Waals surface area contributed by atoms with Crippen LogP contribution in [0.3, 0.4) is 0 Å². The number of para-hydroxylation sites is 2. The maximum atomic E-state index is 12.8. The van der Waals surface area contributed by atoms with E-state index in [-0.39, 0.29) is 24.2 Å². The Kier molecular flexibility index (Phi) is 4.51. The van der Waals surface area contributed by atoms with E-state index in [9.17, 15) is 9.59 Å². The molecule has 3 rings (SSSR count). The first kappa shape index (κ1) is 16.1. The number of fused-ring (bicyclic) bond motifs is 1. The number of methoxy groups -OCH3 is 1. The van der Waals surface area contributed by atoms with E-state index in [0.717, 1.165) is 17.0 Å². The van der Waals surface area contributed by atoms with Crippen LogP contribution in [-0.2, 0) is 16.0 Å². The molecule has 0 radical (unpaired) electrons. The second-order valence-electron chi connectivity index (χ2n) is 5.94. The van der Waals surface area contributed by atoms with Gasteiger partial charge < -0.3 is 15.0 Å². The van der Waals surface area contributed by atoms with Crippen molar-refractivity contribution in [1.29, 1.82) is 0 Å². The molecule has 1 aliphatic heterocycles. The molecule has 5 nitrogen and oxygen atoms in total. The normalized spacial score (nSPS) is 16.8. The minimum Gasteiger partial charge on any atom is -0.497 e. The summed E-state index contributed by atoms with van der Waals surface area (Å²) >= 11 is 0. The van der Waals surface area contributed by atoms with Crippen molar-refractivity contribution < 1.29 is 14.3 Å². The number of nitrogens with zero attached hydrogens (tertiary/aromatic N) is 1. The summed E-state index contributed by atoms with van der Waals surface area (Å²) in [5, 5.41) is 2.89. The van der Waals surface area contributed by atoms with Gasteiger partial charge in [-0.05, 0) is 29.8 Å². The molecule has 0 aromatic heterocycles. The number of hydrogen-bond donors (Lipinski definition) is 1. The Labute approximate surface area is 141 Å². The molecule has 2 amide bonds. The van der Waals surface area contributed by atoms with Gasteiger partial charge in [-0.3, -0.25) is 9.59 Å². The van der Waals surface area contributed by atoms with Crippen molar-refractivity contribution in [2.24, 2.45) is 5.92 Å². The van der Waals surface area contributed by atoms with E-state index < -0.39 is 0 Å². The standard InChI is InChI=1S/C19H20N2O3/c1-13-12-21(17-6-4-3-5-16(17)20-19(13)23)18(22)11-14-7-9-15(24-2)10-8-14/h3-10,13H,11-12H2,1-2H3,(H,20,23)/t13-/m1/s1. The van der Waals surface area contributed by atoms with Gasteiger partial charge >= 0.3 is 0 Å². The maximum absolute atomic E-state index is 12.8. The maximum Gasteiger partial charge on any atom is 0.231 e. The number of nitrogens with one attached hydrogen (secondary N) is 1. The lowest BCUT2D eigenvalue weighted by molar-refractivity contribution is -0.119. The van der Waals surface area contributed by atoms with Gasteiger partial charge in [-0.1, -0.05) is 31.2 Å². The van der Waals surface area contributed by atoms with E-state index in [0.29, 0.717) is 12.2 Å². The first-order valence-corrected chi connectivity index (χ1v) is 7.91. The molecule has 1 N–H and O–H groups in total. The Morgan fingerprint density at radius 1 is 1.21 bits per heavy atom. The fraction of sp³-hybridized carbons (Fsp3) is 0.263. The topological polar surface area (TPSA) is 58.6 Å². The predicted octanol–water partition coefficient (Wildman–Crippen LogP) is 2.86. The second-order valence-corrected chi connectivity index (χ2v) is 5.94. The van der Waals surface area contributed by atoms with Crippen molar-refractivity contribution >= 4 is 23.2 Å². The highest BCUT2D eigenvalue weighted by molar-refractivity contribution is 6.04. The molecule has 0 aliphatic carbocycles. The summed E-state index contributed by atoms with van der Waals surface area (Å²) < 4.78 is 5.14. The Bertz CT molecular complexity index is 755. The molecule has 0 fully saturated rings. The fourth-order valence-corrected chi connectivity index (χ4v) is 2.78. The van der Waals surface area contributed by atoms with Crippen LogP contribution >= 0.6 is 0 Å². The molecule has 1 heterocycles. The molecule has 24 heavy (non-hydrogen) atoms. The van der Waals surface area contributed by atoms with Crippen LogP contribution in [0.15, 0.2) is 48.5 Å². The van der Waals surface area contributed by atoms with Crippen LogP contribution < -0.4 is 15.0 Å². The minimum absolute atomic E-state index is 0.0315. The number of carbonyl (C=O) groups is 2. The molecule has 0 saturated heterocycles. The van der Waals surface area contributed by atoms with Crippen LogP contribution in [0.25, 0.3) is 0 Å². The summed E-state index contributed by atoms with van der Waals surface area (Å²) in [4.78, 5) is 26.7. The molecule has 1 atom stereocenters. The second kappa shape index (κ2) is 6.74. The molecule has 1 aliphatic rings. The van der Waals surface area contributed by atoms with Crippen LogP contribution in [0, 0.1) is 5.92 Å². The smallest absolute Gasteiger partial charge is 0.231 e. The predicted molar refractivity (Wildman–Crippen MR) is 93.3 cm³/mol. The molecular formula is C19H20N2O3. The van der Waals surface area contributed by atoms with Gasteiger partial charge in [-0.15, -0.1) is 0 Å². The Hall–Kier alpha value is -2.82. The van der Waals surface area contributed by atoms with Gasteiger partial charge in [-0.2, -0.15) is 0 Å². The zero-order valence-electron chi connectivity index (χ0n) is 13.8. The number of amides is 2. The minimum atomic E-state index is -0.266. The summed E-state index contributed by atoms with van der Waals surface area (Å²) in [7, 11) is 1.61. The zero-order valence-corrected chi connectivity index (χ0v) is 13.8. The van der Waals surface area contributed by atoms with Crippen molar-refractivity contribution in [1.82, 2.24) is 0 Å². The van der Waals surface area contributed by atoms with Crippen molar-refractivity contribution in [2.75, 3.05) is 23.9 Å². The number of carbonyl (C=O) groups excluding carboxylic acids is 2. The Morgan fingerprint density at radius 3 is 2.62 bits per heavy atom. The fourth-order valence-electron chi connectivity index (χ4n) is 2.78. The third kappa shape index (κ3) is 3.25. The highest BCUT2D eigenvalue weighted by Crippen LogP contribution is 2.30. The summed E-state index contributed by atoms with van der Waals surface area (Å²) in [5.41, 5.74) is 2.33. The SMILES string of the molecule is COc1ccc(CC(=O)N2C[C@@H](C)C(=O)Nc3ccccc32)cc1. The first-order chi connectivity index (χ1) is 11.6. The Morgan fingerprint density at radius 2 is 1.92 bits per heavy atom. The Balaban J connectivity index is 1.85. The lowest BCUT2D eigenvalue weighted by Crippen LogP contribution is -2.36. The van der Waals surface area contributed by atoms with E-state index in [1.54, 1.807) is 12.0 Å². The molecule has 0 bridgehead atoms. The number of benzene rings is 2. The van der Waals surface area contributed by atoms with Crippen LogP contribution in [0.2, 0.25) is 0 Å². The van der Waals surface area contributed by atoms with E-state index in [4.69, 9.17) is 4.74 Å². The van der Waals surface area contributed by atoms with Crippen LogP contribution in [0.1, 0.15) is 12.5 Å². The van der Waals surface area contributed by atoms with Crippen molar-refractivity contribution in [3.63, 3.8) is 0 Å². The number of anilines is 2. The molecule has 0 saturated carbocycles. The zero-order chi connectivity index (χ0) is 17.1. The summed E-state index contributed by atoms with van der Waals surface area (Å²) in [6.07, 6.45) is 0.277. The first-order valence-electron chi connectivity index (χ1n) is 7.91. The van der Waals surface area contributed by atoms with Crippen molar-refractivity contribution in [3.05, 3.63) is 54.1 Å². The lowest BCUT2D eigenvalue weighted by Gasteiger charge is -2.23. The third-order valence-electron chi connectivity index (χ3n) is 4.17. The van der Waals surface area contributed by atoms with Gasteiger partial charge in [0.25, 0.3) is 0 Å². The molecule has 5 heteroatoms. The quantitative estimate of drug-likeness (QED) is 0.944. The van der Waals surface area contributed by atoms with Gasteiger partial charge in [-0.25, -0.2) is 0 Å². The molecule has 0 unspecified atom stereocenters. The van der Waals surface area contributed by atoms with Crippen LogP contribution in [0.5, 0.6) is 5.75 Å². The van der Waals surface area contributed by atoms with Crippen LogP contribution in [0.4, 0.5) is 11.4 Å². The number of hydrogen-bond acceptors (Lipinski definition) is 3. The molecule has 2 aromatic carbocycles. The molecular weight excluding hydrogens is 304 g/mol. The number of ether oxygens (including phenoxy) is 1. The van der Waals surface area contributed by atoms with E-state index in [1.165, 1.54) is 0 Å². The molecule has 2 aromatic rings. The summed E-state index contributed by atoms with van der Waals surface area (Å²) in [5.74, 6) is 0.394. The van der Waals surface area contributed by atoms with Gasteiger partial charge in [0.05, 0.1) is 30.8 Å². The average Bonchev–Trinajstić information content (AvgIpc) is 2.72.